The maximum Gasteiger partial charge on any atom is 0.225 e. The van der Waals surface area contributed by atoms with Crippen molar-refractivity contribution in [3.8, 4) is 5.75 Å². The molecular weight excluding hydrogens is 390 g/mol. The van der Waals surface area contributed by atoms with E-state index in [-0.39, 0.29) is 17.7 Å². The topological polar surface area (TPSA) is 59.0 Å². The second kappa shape index (κ2) is 10.3. The summed E-state index contributed by atoms with van der Waals surface area (Å²) in [5.74, 6) is 0.464. The first-order chi connectivity index (χ1) is 14.8. The Morgan fingerprint density at radius 2 is 1.94 bits per heavy atom. The van der Waals surface area contributed by atoms with Crippen molar-refractivity contribution in [2.45, 2.75) is 46.3 Å². The van der Waals surface area contributed by atoms with Gasteiger partial charge in [0.15, 0.2) is 0 Å². The van der Waals surface area contributed by atoms with E-state index in [4.69, 9.17) is 9.47 Å². The predicted octanol–water partition coefficient (Wildman–Crippen LogP) is 4.22. The Bertz CT molecular complexity index is 896. The summed E-state index contributed by atoms with van der Waals surface area (Å²) >= 11 is 0. The fourth-order valence-electron chi connectivity index (χ4n) is 4.75. The van der Waals surface area contributed by atoms with Crippen LogP contribution in [0.25, 0.3) is 0 Å². The van der Waals surface area contributed by atoms with Gasteiger partial charge in [-0.3, -0.25) is 4.79 Å². The minimum Gasteiger partial charge on any atom is -0.491 e. The van der Waals surface area contributed by atoms with Gasteiger partial charge in [-0.1, -0.05) is 37.3 Å². The van der Waals surface area contributed by atoms with Crippen molar-refractivity contribution in [1.29, 1.82) is 0 Å². The summed E-state index contributed by atoms with van der Waals surface area (Å²) in [7, 11) is 3.49. The molecule has 31 heavy (non-hydrogen) atoms. The minimum atomic E-state index is -0.683. The maximum absolute atomic E-state index is 13.2. The van der Waals surface area contributed by atoms with E-state index in [0.29, 0.717) is 19.8 Å². The molecule has 0 unspecified atom stereocenters. The van der Waals surface area contributed by atoms with Gasteiger partial charge in [0.05, 0.1) is 12.7 Å². The van der Waals surface area contributed by atoms with E-state index >= 15 is 0 Å². The van der Waals surface area contributed by atoms with Gasteiger partial charge < -0.3 is 19.5 Å². The van der Waals surface area contributed by atoms with Crippen molar-refractivity contribution >= 4 is 5.91 Å². The molecular formula is C26H35NO4. The molecule has 3 rings (SSSR count). The highest BCUT2D eigenvalue weighted by Gasteiger charge is 2.38. The second-order valence-electron chi connectivity index (χ2n) is 8.67. The zero-order valence-electron chi connectivity index (χ0n) is 19.4. The lowest BCUT2D eigenvalue weighted by Gasteiger charge is -2.37. The number of fused-ring (bicyclic) bond motifs is 1. The molecule has 3 atom stereocenters. The smallest absolute Gasteiger partial charge is 0.225 e. The fourth-order valence-corrected chi connectivity index (χ4v) is 4.75. The molecule has 0 radical (unpaired) electrons. The number of methoxy groups -OCH3 is 1. The molecule has 5 nitrogen and oxygen atoms in total. The summed E-state index contributed by atoms with van der Waals surface area (Å²) in [6.07, 6.45) is 0.976. The largest absolute Gasteiger partial charge is 0.491 e. The molecule has 1 amide bonds. The molecule has 0 spiro atoms. The van der Waals surface area contributed by atoms with Crippen LogP contribution in [0.2, 0.25) is 0 Å². The Labute approximate surface area is 186 Å². The normalized spacial score (nSPS) is 18.9. The van der Waals surface area contributed by atoms with Crippen molar-refractivity contribution < 1.29 is 19.4 Å². The molecule has 0 fully saturated rings. The van der Waals surface area contributed by atoms with E-state index in [1.165, 1.54) is 5.56 Å². The highest BCUT2D eigenvalue weighted by atomic mass is 16.5. The van der Waals surface area contributed by atoms with Crippen molar-refractivity contribution in [2.75, 3.05) is 27.4 Å². The Hall–Kier alpha value is -2.37. The van der Waals surface area contributed by atoms with E-state index in [2.05, 4.69) is 13.0 Å². The van der Waals surface area contributed by atoms with Gasteiger partial charge in [0.25, 0.3) is 0 Å². The molecule has 1 aliphatic rings. The standard InChI is InChI=1S/C26H35NO4/c1-17-15-23(31-14-13-30-5)19(3)24-21(17)11-12-22(25(24)28)18(2)26(29)27(4)16-20-9-7-6-8-10-20/h6-10,15,18,22,25,28H,11-14,16H2,1-5H3/t18-,22-,25+/m0/s1. The molecule has 1 aliphatic carbocycles. The third-order valence-electron chi connectivity index (χ3n) is 6.57. The molecule has 2 aromatic rings. The highest BCUT2D eigenvalue weighted by molar-refractivity contribution is 5.78. The van der Waals surface area contributed by atoms with Crippen LogP contribution >= 0.6 is 0 Å². The third-order valence-corrected chi connectivity index (χ3v) is 6.57. The Morgan fingerprint density at radius 1 is 1.23 bits per heavy atom. The maximum atomic E-state index is 13.2. The van der Waals surface area contributed by atoms with Crippen LogP contribution in [-0.2, 0) is 22.5 Å². The second-order valence-corrected chi connectivity index (χ2v) is 8.67. The number of hydrogen-bond acceptors (Lipinski definition) is 4. The average molecular weight is 426 g/mol. The lowest BCUT2D eigenvalue weighted by atomic mass is 9.72. The average Bonchev–Trinajstić information content (AvgIpc) is 2.76. The molecule has 1 N–H and O–H groups in total. The number of benzene rings is 2. The van der Waals surface area contributed by atoms with Crippen molar-refractivity contribution in [3.05, 3.63) is 64.2 Å². The quantitative estimate of drug-likeness (QED) is 0.644. The lowest BCUT2D eigenvalue weighted by molar-refractivity contribution is -0.138. The van der Waals surface area contributed by atoms with Crippen molar-refractivity contribution in [1.82, 2.24) is 4.90 Å². The zero-order chi connectivity index (χ0) is 22.5. The highest BCUT2D eigenvalue weighted by Crippen LogP contribution is 2.44. The van der Waals surface area contributed by atoms with E-state index in [9.17, 15) is 9.90 Å². The molecule has 0 aromatic heterocycles. The number of aryl methyl sites for hydroxylation is 1. The number of aliphatic hydroxyl groups is 1. The molecule has 0 aliphatic heterocycles. The number of aliphatic hydroxyl groups excluding tert-OH is 1. The number of nitrogens with zero attached hydrogens (tertiary/aromatic N) is 1. The molecule has 0 heterocycles. The third kappa shape index (κ3) is 5.10. The van der Waals surface area contributed by atoms with Gasteiger partial charge in [-0.25, -0.2) is 0 Å². The molecule has 168 valence electrons. The van der Waals surface area contributed by atoms with Crippen molar-refractivity contribution in [3.63, 3.8) is 0 Å². The van der Waals surface area contributed by atoms with Crippen LogP contribution in [0.15, 0.2) is 36.4 Å². The van der Waals surface area contributed by atoms with Gasteiger partial charge in [0, 0.05) is 32.5 Å². The van der Waals surface area contributed by atoms with Crippen LogP contribution in [0.5, 0.6) is 5.75 Å². The monoisotopic (exact) mass is 425 g/mol. The summed E-state index contributed by atoms with van der Waals surface area (Å²) in [4.78, 5) is 14.9. The first kappa shape index (κ1) is 23.3. The van der Waals surface area contributed by atoms with Gasteiger partial charge in [-0.15, -0.1) is 0 Å². The van der Waals surface area contributed by atoms with Crippen LogP contribution < -0.4 is 4.74 Å². The van der Waals surface area contributed by atoms with E-state index in [1.807, 2.05) is 51.2 Å². The SMILES string of the molecule is COCCOc1cc(C)c2c(c1C)[C@H](O)[C@H]([C@H](C)C(=O)N(C)Cc1ccccc1)CC2. The summed E-state index contributed by atoms with van der Waals surface area (Å²) in [6.45, 7) is 7.56. The molecule has 0 bridgehead atoms. The molecule has 2 aromatic carbocycles. The first-order valence-corrected chi connectivity index (χ1v) is 11.1. The van der Waals surface area contributed by atoms with Gasteiger partial charge in [-0.05, 0) is 60.6 Å². The molecule has 0 saturated carbocycles. The van der Waals surface area contributed by atoms with Gasteiger partial charge >= 0.3 is 0 Å². The number of hydrogen-bond donors (Lipinski definition) is 1. The summed E-state index contributed by atoms with van der Waals surface area (Å²) < 4.78 is 11.0. The van der Waals surface area contributed by atoms with E-state index < -0.39 is 6.10 Å². The van der Waals surface area contributed by atoms with Crippen LogP contribution in [-0.4, -0.2) is 43.3 Å². The van der Waals surface area contributed by atoms with E-state index in [0.717, 1.165) is 40.8 Å². The van der Waals surface area contributed by atoms with Gasteiger partial charge in [0.2, 0.25) is 5.91 Å². The number of amides is 1. The van der Waals surface area contributed by atoms with Crippen LogP contribution in [0, 0.1) is 25.7 Å². The lowest BCUT2D eigenvalue weighted by Crippen LogP contribution is -2.38. The van der Waals surface area contributed by atoms with E-state index in [1.54, 1.807) is 12.0 Å². The van der Waals surface area contributed by atoms with Gasteiger partial charge in [-0.2, -0.15) is 0 Å². The minimum absolute atomic E-state index is 0.0678. The summed E-state index contributed by atoms with van der Waals surface area (Å²) in [5.41, 5.74) is 5.33. The predicted molar refractivity (Wildman–Crippen MR) is 122 cm³/mol. The number of carbonyl (C=O) groups is 1. The van der Waals surface area contributed by atoms with Crippen LogP contribution in [0.3, 0.4) is 0 Å². The Kier molecular flexibility index (Phi) is 7.74. The fraction of sp³-hybridized carbons (Fsp3) is 0.500. The van der Waals surface area contributed by atoms with Crippen molar-refractivity contribution in [2.24, 2.45) is 11.8 Å². The summed E-state index contributed by atoms with van der Waals surface area (Å²) in [5, 5.41) is 11.4. The number of ether oxygens (including phenoxy) is 2. The molecule has 5 heteroatoms. The molecule has 0 saturated heterocycles. The number of rotatable bonds is 8. The van der Waals surface area contributed by atoms with Crippen LogP contribution in [0.1, 0.15) is 47.3 Å². The summed E-state index contributed by atoms with van der Waals surface area (Å²) in [6, 6.07) is 12.0. The Balaban J connectivity index is 1.78. The van der Waals surface area contributed by atoms with Gasteiger partial charge in [0.1, 0.15) is 12.4 Å². The van der Waals surface area contributed by atoms with Crippen LogP contribution in [0.4, 0.5) is 0 Å². The number of carbonyl (C=O) groups excluding carboxylic acids is 1. The zero-order valence-corrected chi connectivity index (χ0v) is 19.4. The Morgan fingerprint density at radius 3 is 2.61 bits per heavy atom. The first-order valence-electron chi connectivity index (χ1n) is 11.1.